The van der Waals surface area contributed by atoms with Gasteiger partial charge in [0.05, 0.1) is 0 Å². The van der Waals surface area contributed by atoms with Crippen LogP contribution in [-0.4, -0.2) is 49.6 Å². The van der Waals surface area contributed by atoms with E-state index in [0.29, 0.717) is 19.0 Å². The van der Waals surface area contributed by atoms with Crippen molar-refractivity contribution in [3.63, 3.8) is 0 Å². The Morgan fingerprint density at radius 2 is 2.31 bits per heavy atom. The Morgan fingerprint density at radius 1 is 1.56 bits per heavy atom. The Kier molecular flexibility index (Phi) is 5.21. The number of likely N-dealkylation sites (N-methyl/N-ethyl adjacent to an activating group) is 1. The molecule has 6 heteroatoms. The van der Waals surface area contributed by atoms with E-state index in [4.69, 9.17) is 5.73 Å². The molecule has 1 atom stereocenters. The van der Waals surface area contributed by atoms with Crippen molar-refractivity contribution in [3.8, 4) is 0 Å². The minimum Gasteiger partial charge on any atom is -0.351 e. The molecular weight excluding hydrogens is 208 g/mol. The number of nitrogens with zero attached hydrogens (tertiary/aromatic N) is 1. The van der Waals surface area contributed by atoms with Gasteiger partial charge in [0.25, 0.3) is 0 Å². The van der Waals surface area contributed by atoms with Gasteiger partial charge in [-0.05, 0) is 26.4 Å². The third-order valence-corrected chi connectivity index (χ3v) is 2.68. The average Bonchev–Trinajstić information content (AvgIpc) is 2.66. The van der Waals surface area contributed by atoms with Crippen molar-refractivity contribution >= 4 is 11.9 Å². The molecule has 0 spiro atoms. The number of hydrogen-bond acceptors (Lipinski definition) is 4. The highest BCUT2D eigenvalue weighted by molar-refractivity contribution is 5.93. The largest absolute Gasteiger partial charge is 0.351 e. The van der Waals surface area contributed by atoms with E-state index in [1.165, 1.54) is 12.8 Å². The fourth-order valence-electron chi connectivity index (χ4n) is 1.87. The fraction of sp³-hybridized carbons (Fsp3) is 0.800. The number of primary amides is 1. The Bertz CT molecular complexity index is 251. The summed E-state index contributed by atoms with van der Waals surface area (Å²) in [6.45, 7) is 2.65. The summed E-state index contributed by atoms with van der Waals surface area (Å²) < 4.78 is 0. The molecule has 0 radical (unpaired) electrons. The van der Waals surface area contributed by atoms with Crippen LogP contribution >= 0.6 is 0 Å². The molecule has 92 valence electrons. The van der Waals surface area contributed by atoms with E-state index in [1.54, 1.807) is 0 Å². The lowest BCUT2D eigenvalue weighted by molar-refractivity contribution is -0.120. The zero-order valence-electron chi connectivity index (χ0n) is 9.66. The summed E-state index contributed by atoms with van der Waals surface area (Å²) in [6, 6.07) is -0.255. The lowest BCUT2D eigenvalue weighted by atomic mass is 10.2. The van der Waals surface area contributed by atoms with Gasteiger partial charge in [-0.25, -0.2) is 4.79 Å². The third-order valence-electron chi connectivity index (χ3n) is 2.68. The quantitative estimate of drug-likeness (QED) is 0.578. The molecule has 3 amide bonds. The maximum Gasteiger partial charge on any atom is 0.318 e. The smallest absolute Gasteiger partial charge is 0.318 e. The third kappa shape index (κ3) is 5.09. The van der Waals surface area contributed by atoms with Gasteiger partial charge in [-0.15, -0.1) is 0 Å². The molecule has 4 N–H and O–H groups in total. The number of nitrogens with two attached hydrogens (primary N) is 1. The van der Waals surface area contributed by atoms with Crippen LogP contribution in [0.25, 0.3) is 0 Å². The number of urea groups is 1. The minimum atomic E-state index is -0.787. The van der Waals surface area contributed by atoms with E-state index in [2.05, 4.69) is 10.2 Å². The van der Waals surface area contributed by atoms with Crippen molar-refractivity contribution in [3.05, 3.63) is 0 Å². The molecule has 0 saturated carbocycles. The summed E-state index contributed by atoms with van der Waals surface area (Å²) in [5.41, 5.74) is 4.84. The summed E-state index contributed by atoms with van der Waals surface area (Å²) in [5, 5.41) is 5.44. The zero-order chi connectivity index (χ0) is 12.0. The van der Waals surface area contributed by atoms with E-state index in [1.807, 2.05) is 12.4 Å². The van der Waals surface area contributed by atoms with Crippen LogP contribution < -0.4 is 16.4 Å². The molecule has 16 heavy (non-hydrogen) atoms. The molecule has 0 aromatic rings. The molecule has 1 unspecified atom stereocenters. The van der Waals surface area contributed by atoms with Crippen LogP contribution in [0.3, 0.4) is 0 Å². The van der Waals surface area contributed by atoms with E-state index in [-0.39, 0.29) is 5.91 Å². The maximum absolute atomic E-state index is 11.1. The van der Waals surface area contributed by atoms with Gasteiger partial charge in [0.2, 0.25) is 5.91 Å². The Labute approximate surface area is 95.5 Å². The minimum absolute atomic E-state index is 0.298. The topological polar surface area (TPSA) is 87.5 Å². The standard InChI is InChI=1S/C10H20N4O2/c1-14(7-8-3-2-5-12-8)6-4-9(15)13-10(11)16/h8,12H,2-7H2,1H3,(H3,11,13,15,16). The normalized spacial score (nSPS) is 20.0. The molecule has 0 aromatic heterocycles. The molecule has 1 aliphatic heterocycles. The summed E-state index contributed by atoms with van der Waals surface area (Å²) in [6.07, 6.45) is 2.71. The van der Waals surface area contributed by atoms with Crippen molar-refractivity contribution in [1.82, 2.24) is 15.5 Å². The molecule has 0 aliphatic carbocycles. The van der Waals surface area contributed by atoms with E-state index >= 15 is 0 Å². The predicted octanol–water partition coefficient (Wildman–Crippen LogP) is -0.745. The lowest BCUT2D eigenvalue weighted by Crippen LogP contribution is -2.39. The number of carbonyl (C=O) groups is 2. The first-order valence-corrected chi connectivity index (χ1v) is 5.59. The van der Waals surface area contributed by atoms with E-state index in [0.717, 1.165) is 13.1 Å². The Balaban J connectivity index is 2.11. The van der Waals surface area contributed by atoms with Crippen molar-refractivity contribution in [2.24, 2.45) is 5.73 Å². The molecule has 1 saturated heterocycles. The van der Waals surface area contributed by atoms with Gasteiger partial charge < -0.3 is 16.0 Å². The number of hydrogen-bond donors (Lipinski definition) is 3. The van der Waals surface area contributed by atoms with Crippen molar-refractivity contribution in [2.75, 3.05) is 26.7 Å². The Hall–Kier alpha value is -1.14. The highest BCUT2D eigenvalue weighted by Gasteiger charge is 2.16. The van der Waals surface area contributed by atoms with Gasteiger partial charge in [0.15, 0.2) is 0 Å². The van der Waals surface area contributed by atoms with Gasteiger partial charge in [-0.1, -0.05) is 0 Å². The predicted molar refractivity (Wildman–Crippen MR) is 60.9 cm³/mol. The van der Waals surface area contributed by atoms with Gasteiger partial charge in [-0.3, -0.25) is 10.1 Å². The molecule has 1 fully saturated rings. The monoisotopic (exact) mass is 228 g/mol. The Morgan fingerprint density at radius 3 is 2.88 bits per heavy atom. The average molecular weight is 228 g/mol. The first-order chi connectivity index (χ1) is 7.58. The van der Waals surface area contributed by atoms with Gasteiger partial charge in [0.1, 0.15) is 0 Å². The second-order valence-corrected chi connectivity index (χ2v) is 4.22. The van der Waals surface area contributed by atoms with Gasteiger partial charge in [-0.2, -0.15) is 0 Å². The van der Waals surface area contributed by atoms with Crippen LogP contribution in [0.1, 0.15) is 19.3 Å². The van der Waals surface area contributed by atoms with Gasteiger partial charge >= 0.3 is 6.03 Å². The fourth-order valence-corrected chi connectivity index (χ4v) is 1.87. The molecule has 6 nitrogen and oxygen atoms in total. The maximum atomic E-state index is 11.1. The van der Waals surface area contributed by atoms with Crippen LogP contribution in [0, 0.1) is 0 Å². The first-order valence-electron chi connectivity index (χ1n) is 5.59. The summed E-state index contributed by atoms with van der Waals surface area (Å²) in [4.78, 5) is 23.6. The molecule has 1 aliphatic rings. The molecule has 1 heterocycles. The van der Waals surface area contributed by atoms with Crippen LogP contribution in [0.2, 0.25) is 0 Å². The second-order valence-electron chi connectivity index (χ2n) is 4.22. The van der Waals surface area contributed by atoms with E-state index < -0.39 is 6.03 Å². The second kappa shape index (κ2) is 6.44. The number of carbonyl (C=O) groups excluding carboxylic acids is 2. The summed E-state index contributed by atoms with van der Waals surface area (Å²) >= 11 is 0. The zero-order valence-corrected chi connectivity index (χ0v) is 9.66. The van der Waals surface area contributed by atoms with Gasteiger partial charge in [0, 0.05) is 25.6 Å². The van der Waals surface area contributed by atoms with Crippen LogP contribution in [0.5, 0.6) is 0 Å². The number of amides is 3. The van der Waals surface area contributed by atoms with Crippen molar-refractivity contribution in [2.45, 2.75) is 25.3 Å². The lowest BCUT2D eigenvalue weighted by Gasteiger charge is -2.20. The van der Waals surface area contributed by atoms with Crippen LogP contribution in [-0.2, 0) is 4.79 Å². The molecular formula is C10H20N4O2. The molecule has 0 bridgehead atoms. The summed E-state index contributed by atoms with van der Waals surface area (Å²) in [7, 11) is 1.97. The number of nitrogens with one attached hydrogen (secondary N) is 2. The highest BCUT2D eigenvalue weighted by Crippen LogP contribution is 2.05. The highest BCUT2D eigenvalue weighted by atomic mass is 16.2. The number of rotatable bonds is 5. The summed E-state index contributed by atoms with van der Waals surface area (Å²) in [5.74, 6) is -0.321. The SMILES string of the molecule is CN(CCC(=O)NC(N)=O)CC1CCCN1. The first kappa shape index (κ1) is 12.9. The van der Waals surface area contributed by atoms with Crippen LogP contribution in [0.15, 0.2) is 0 Å². The molecule has 1 rings (SSSR count). The molecule has 0 aromatic carbocycles. The number of imide groups is 1. The van der Waals surface area contributed by atoms with Crippen molar-refractivity contribution in [1.29, 1.82) is 0 Å². The van der Waals surface area contributed by atoms with Crippen molar-refractivity contribution < 1.29 is 9.59 Å². The van der Waals surface area contributed by atoms with Crippen LogP contribution in [0.4, 0.5) is 4.79 Å². The van der Waals surface area contributed by atoms with E-state index in [9.17, 15) is 9.59 Å².